The first kappa shape index (κ1) is 39.8. The topological polar surface area (TPSA) is 152 Å². The fourth-order valence-corrected chi connectivity index (χ4v) is 5.63. The Labute approximate surface area is 310 Å². The molecule has 4 atom stereocenters. The summed E-state index contributed by atoms with van der Waals surface area (Å²) in [6.45, 7) is 5.16. The Hall–Kier alpha value is -5.97. The maximum Gasteiger partial charge on any atom is 0.408 e. The first-order chi connectivity index (χ1) is 25.4. The Bertz CT molecular complexity index is 1780. The van der Waals surface area contributed by atoms with Crippen molar-refractivity contribution >= 4 is 29.8 Å². The Morgan fingerprint density at radius 2 is 0.755 bits per heavy atom. The summed E-state index contributed by atoms with van der Waals surface area (Å²) < 4.78 is 10.5. The summed E-state index contributed by atoms with van der Waals surface area (Å²) in [5.74, 6) is -2.49. The molecule has 0 aliphatic rings. The van der Waals surface area contributed by atoms with Gasteiger partial charge in [0.2, 0.25) is 17.7 Å². The van der Waals surface area contributed by atoms with Crippen LogP contribution >= 0.6 is 0 Å². The van der Waals surface area contributed by atoms with Crippen molar-refractivity contribution in [2.24, 2.45) is 0 Å². The van der Waals surface area contributed by atoms with Gasteiger partial charge in [-0.3, -0.25) is 14.4 Å². The standard InChI is InChI=1S/C42H48N4O7/c1-42(2,3)53-41(51)46-35(27-31-21-13-7-14-22-31)39(49)44-33(25-29-17-9-5-10-18-29)37(47)43-34(26-30-19-11-6-12-20-30)38(48)45-36(40(50)52-4)28-32-23-15-8-16-24-32/h5-24,33-36H,25-28H2,1-4H3,(H,43,47)(H,44,49)(H,45,48)(H,46,51)/t33-,34+,35+,36-/m1/s1. The molecule has 4 aromatic rings. The van der Waals surface area contributed by atoms with Gasteiger partial charge in [-0.25, -0.2) is 9.59 Å². The molecule has 0 unspecified atom stereocenters. The van der Waals surface area contributed by atoms with Crippen LogP contribution in [0.2, 0.25) is 0 Å². The second-order valence-electron chi connectivity index (χ2n) is 13.7. The van der Waals surface area contributed by atoms with Crippen molar-refractivity contribution in [3.05, 3.63) is 144 Å². The molecular weight excluding hydrogens is 672 g/mol. The molecular formula is C42H48N4O7. The fraction of sp³-hybridized carbons (Fsp3) is 0.310. The molecule has 11 nitrogen and oxygen atoms in total. The zero-order chi connectivity index (χ0) is 38.2. The minimum absolute atomic E-state index is 0.0847. The van der Waals surface area contributed by atoms with Crippen LogP contribution in [0, 0.1) is 0 Å². The number of nitrogens with one attached hydrogen (secondary N) is 4. The highest BCUT2D eigenvalue weighted by Crippen LogP contribution is 2.12. The van der Waals surface area contributed by atoms with Crippen molar-refractivity contribution in [1.82, 2.24) is 21.3 Å². The quantitative estimate of drug-likeness (QED) is 0.125. The summed E-state index contributed by atoms with van der Waals surface area (Å²) in [6, 6.07) is 32.2. The van der Waals surface area contributed by atoms with E-state index in [1.807, 2.05) is 121 Å². The number of benzene rings is 4. The van der Waals surface area contributed by atoms with Crippen molar-refractivity contribution in [2.75, 3.05) is 7.11 Å². The van der Waals surface area contributed by atoms with E-state index < -0.39 is 59.6 Å². The Morgan fingerprint density at radius 1 is 0.472 bits per heavy atom. The Kier molecular flexibility index (Phi) is 14.7. The maximum atomic E-state index is 14.2. The van der Waals surface area contributed by atoms with E-state index >= 15 is 0 Å². The number of ether oxygens (including phenoxy) is 2. The fourth-order valence-electron chi connectivity index (χ4n) is 5.63. The summed E-state index contributed by atoms with van der Waals surface area (Å²) in [7, 11) is 1.25. The number of amides is 4. The van der Waals surface area contributed by atoms with E-state index in [0.29, 0.717) is 0 Å². The van der Waals surface area contributed by atoms with Crippen LogP contribution in [-0.4, -0.2) is 66.7 Å². The number of hydrogen-bond donors (Lipinski definition) is 4. The number of esters is 1. The van der Waals surface area contributed by atoms with Crippen molar-refractivity contribution < 1.29 is 33.4 Å². The summed E-state index contributed by atoms with van der Waals surface area (Å²) in [5, 5.41) is 11.1. The van der Waals surface area contributed by atoms with Gasteiger partial charge in [-0.2, -0.15) is 0 Å². The average molecular weight is 721 g/mol. The summed E-state index contributed by atoms with van der Waals surface area (Å²) >= 11 is 0. The first-order valence-corrected chi connectivity index (χ1v) is 17.5. The van der Waals surface area contributed by atoms with Crippen LogP contribution in [0.15, 0.2) is 121 Å². The van der Waals surface area contributed by atoms with Crippen LogP contribution in [0.3, 0.4) is 0 Å². The number of alkyl carbamates (subject to hydrolysis) is 1. The van der Waals surface area contributed by atoms with Crippen LogP contribution in [0.5, 0.6) is 0 Å². The maximum absolute atomic E-state index is 14.2. The van der Waals surface area contributed by atoms with E-state index in [1.54, 1.807) is 20.8 Å². The van der Waals surface area contributed by atoms with E-state index in [4.69, 9.17) is 9.47 Å². The molecule has 4 amide bonds. The number of carbonyl (C=O) groups excluding carboxylic acids is 5. The average Bonchev–Trinajstić information content (AvgIpc) is 3.14. The SMILES string of the molecule is COC(=O)[C@@H](Cc1ccccc1)NC(=O)[C@H](Cc1ccccc1)NC(=O)[C@@H](Cc1ccccc1)NC(=O)[C@H](Cc1ccccc1)NC(=O)OC(C)(C)C. The lowest BCUT2D eigenvalue weighted by Crippen LogP contribution is -2.59. The predicted octanol–water partition coefficient (Wildman–Crippen LogP) is 4.48. The first-order valence-electron chi connectivity index (χ1n) is 17.5. The smallest absolute Gasteiger partial charge is 0.408 e. The molecule has 53 heavy (non-hydrogen) atoms. The molecule has 0 radical (unpaired) electrons. The third kappa shape index (κ3) is 13.6. The molecule has 0 bridgehead atoms. The van der Waals surface area contributed by atoms with Crippen LogP contribution in [0.1, 0.15) is 43.0 Å². The molecule has 0 heterocycles. The molecule has 0 aliphatic carbocycles. The van der Waals surface area contributed by atoms with Gasteiger partial charge in [0.25, 0.3) is 0 Å². The van der Waals surface area contributed by atoms with E-state index in [-0.39, 0.29) is 25.7 Å². The zero-order valence-corrected chi connectivity index (χ0v) is 30.5. The molecule has 4 aromatic carbocycles. The molecule has 278 valence electrons. The molecule has 4 rings (SSSR count). The number of carbonyl (C=O) groups is 5. The van der Waals surface area contributed by atoms with Gasteiger partial charge < -0.3 is 30.7 Å². The third-order valence-corrected chi connectivity index (χ3v) is 8.21. The van der Waals surface area contributed by atoms with Crippen molar-refractivity contribution in [2.45, 2.75) is 76.2 Å². The molecule has 0 saturated heterocycles. The van der Waals surface area contributed by atoms with Gasteiger partial charge in [0.1, 0.15) is 29.8 Å². The Balaban J connectivity index is 1.61. The van der Waals surface area contributed by atoms with Gasteiger partial charge in [0.05, 0.1) is 7.11 Å². The number of methoxy groups -OCH3 is 1. The van der Waals surface area contributed by atoms with E-state index in [1.165, 1.54) is 7.11 Å². The number of hydrogen-bond acceptors (Lipinski definition) is 7. The van der Waals surface area contributed by atoms with Crippen LogP contribution in [-0.2, 0) is 54.3 Å². The summed E-state index contributed by atoms with van der Waals surface area (Å²) in [4.78, 5) is 67.9. The van der Waals surface area contributed by atoms with E-state index in [2.05, 4.69) is 21.3 Å². The summed E-state index contributed by atoms with van der Waals surface area (Å²) in [5.41, 5.74) is 2.30. The lowest BCUT2D eigenvalue weighted by molar-refractivity contribution is -0.145. The van der Waals surface area contributed by atoms with Gasteiger partial charge in [0, 0.05) is 25.7 Å². The third-order valence-electron chi connectivity index (χ3n) is 8.21. The molecule has 0 aromatic heterocycles. The lowest BCUT2D eigenvalue weighted by atomic mass is 10.0. The largest absolute Gasteiger partial charge is 0.467 e. The molecule has 0 spiro atoms. The minimum atomic E-state index is -1.16. The Morgan fingerprint density at radius 3 is 1.06 bits per heavy atom. The molecule has 4 N–H and O–H groups in total. The highest BCUT2D eigenvalue weighted by Gasteiger charge is 2.33. The van der Waals surface area contributed by atoms with Crippen molar-refractivity contribution in [3.8, 4) is 0 Å². The monoisotopic (exact) mass is 720 g/mol. The second kappa shape index (κ2) is 19.6. The normalized spacial score (nSPS) is 13.3. The minimum Gasteiger partial charge on any atom is -0.467 e. The van der Waals surface area contributed by atoms with Gasteiger partial charge in [-0.15, -0.1) is 0 Å². The highest BCUT2D eigenvalue weighted by molar-refractivity contribution is 5.95. The van der Waals surface area contributed by atoms with Gasteiger partial charge in [-0.05, 0) is 43.0 Å². The van der Waals surface area contributed by atoms with E-state index in [9.17, 15) is 24.0 Å². The highest BCUT2D eigenvalue weighted by atomic mass is 16.6. The van der Waals surface area contributed by atoms with Gasteiger partial charge in [0.15, 0.2) is 0 Å². The van der Waals surface area contributed by atoms with Gasteiger partial charge >= 0.3 is 12.1 Å². The molecule has 0 fully saturated rings. The molecule has 0 aliphatic heterocycles. The second-order valence-corrected chi connectivity index (χ2v) is 13.7. The van der Waals surface area contributed by atoms with Crippen LogP contribution in [0.4, 0.5) is 4.79 Å². The molecule has 11 heteroatoms. The number of rotatable bonds is 16. The zero-order valence-electron chi connectivity index (χ0n) is 30.5. The predicted molar refractivity (Wildman–Crippen MR) is 202 cm³/mol. The van der Waals surface area contributed by atoms with E-state index in [0.717, 1.165) is 22.3 Å². The van der Waals surface area contributed by atoms with Crippen molar-refractivity contribution in [1.29, 1.82) is 0 Å². The summed E-state index contributed by atoms with van der Waals surface area (Å²) in [6.07, 6.45) is -0.304. The molecule has 0 saturated carbocycles. The van der Waals surface area contributed by atoms with Crippen LogP contribution in [0.25, 0.3) is 0 Å². The van der Waals surface area contributed by atoms with Crippen LogP contribution < -0.4 is 21.3 Å². The van der Waals surface area contributed by atoms with Crippen molar-refractivity contribution in [3.63, 3.8) is 0 Å². The van der Waals surface area contributed by atoms with Gasteiger partial charge in [-0.1, -0.05) is 121 Å². The lowest BCUT2D eigenvalue weighted by Gasteiger charge is -2.27.